The molecule has 0 aliphatic carbocycles. The monoisotopic (exact) mass is 235 g/mol. The van der Waals surface area contributed by atoms with Crippen molar-refractivity contribution < 1.29 is 14.3 Å². The minimum absolute atomic E-state index is 0.251. The van der Waals surface area contributed by atoms with Crippen LogP contribution in [0.2, 0.25) is 0 Å². The van der Waals surface area contributed by atoms with E-state index in [1.165, 1.54) is 7.11 Å². The number of carbonyl (C=O) groups excluding carboxylic acids is 1. The fourth-order valence-corrected chi connectivity index (χ4v) is 1.93. The van der Waals surface area contributed by atoms with E-state index in [-0.39, 0.29) is 12.1 Å². The quantitative estimate of drug-likeness (QED) is 0.800. The predicted molar refractivity (Wildman–Crippen MR) is 63.8 cm³/mol. The number of methoxy groups -OCH3 is 1. The van der Waals surface area contributed by atoms with Gasteiger partial charge in [-0.15, -0.1) is 0 Å². The summed E-state index contributed by atoms with van der Waals surface area (Å²) < 4.78 is 10.5. The summed E-state index contributed by atoms with van der Waals surface area (Å²) in [6.07, 6.45) is 1.28. The van der Waals surface area contributed by atoms with Gasteiger partial charge in [0.25, 0.3) is 0 Å². The van der Waals surface area contributed by atoms with Crippen LogP contribution in [0.15, 0.2) is 24.3 Å². The Morgan fingerprint density at radius 3 is 3.00 bits per heavy atom. The van der Waals surface area contributed by atoms with E-state index in [2.05, 4.69) is 5.32 Å². The summed E-state index contributed by atoms with van der Waals surface area (Å²) in [4.78, 5) is 11.5. The fraction of sp³-hybridized carbons (Fsp3) is 0.462. The van der Waals surface area contributed by atoms with Crippen LogP contribution >= 0.6 is 0 Å². The molecule has 17 heavy (non-hydrogen) atoms. The van der Waals surface area contributed by atoms with Gasteiger partial charge in [-0.05, 0) is 24.6 Å². The molecule has 1 heterocycles. The minimum Gasteiger partial charge on any atom is -0.465 e. The summed E-state index contributed by atoms with van der Waals surface area (Å²) in [5, 5.41) is 3.24. The topological polar surface area (TPSA) is 47.6 Å². The average molecular weight is 235 g/mol. The highest BCUT2D eigenvalue weighted by Crippen LogP contribution is 2.14. The highest BCUT2D eigenvalue weighted by molar-refractivity contribution is 5.90. The predicted octanol–water partition coefficient (Wildman–Crippen LogP) is 1.35. The van der Waals surface area contributed by atoms with E-state index in [9.17, 15) is 4.79 Å². The Hall–Kier alpha value is -1.39. The van der Waals surface area contributed by atoms with E-state index in [0.29, 0.717) is 12.2 Å². The SMILES string of the molecule is COC(=O)c1ccccc1COC1CCNC1. The Kier molecular flexibility index (Phi) is 4.12. The van der Waals surface area contributed by atoms with Crippen molar-refractivity contribution >= 4 is 5.97 Å². The molecule has 92 valence electrons. The lowest BCUT2D eigenvalue weighted by Crippen LogP contribution is -2.17. The molecule has 1 fully saturated rings. The molecule has 1 aliphatic rings. The van der Waals surface area contributed by atoms with Gasteiger partial charge in [-0.2, -0.15) is 0 Å². The third-order valence-electron chi connectivity index (χ3n) is 2.91. The van der Waals surface area contributed by atoms with E-state index in [4.69, 9.17) is 9.47 Å². The molecule has 1 aliphatic heterocycles. The van der Waals surface area contributed by atoms with E-state index in [1.54, 1.807) is 6.07 Å². The van der Waals surface area contributed by atoms with Gasteiger partial charge in [-0.1, -0.05) is 18.2 Å². The van der Waals surface area contributed by atoms with Crippen molar-refractivity contribution in [3.63, 3.8) is 0 Å². The molecule has 0 aromatic heterocycles. The van der Waals surface area contributed by atoms with Gasteiger partial charge in [-0.25, -0.2) is 4.79 Å². The molecule has 2 rings (SSSR count). The molecule has 0 saturated carbocycles. The molecule has 0 spiro atoms. The summed E-state index contributed by atoms with van der Waals surface area (Å²) in [6, 6.07) is 7.39. The summed E-state index contributed by atoms with van der Waals surface area (Å²) >= 11 is 0. The zero-order valence-corrected chi connectivity index (χ0v) is 9.94. The molecule has 4 nitrogen and oxygen atoms in total. The highest BCUT2D eigenvalue weighted by Gasteiger charge is 2.16. The third-order valence-corrected chi connectivity index (χ3v) is 2.91. The van der Waals surface area contributed by atoms with Gasteiger partial charge in [0.1, 0.15) is 0 Å². The van der Waals surface area contributed by atoms with Crippen LogP contribution in [0.5, 0.6) is 0 Å². The van der Waals surface area contributed by atoms with Crippen molar-refractivity contribution in [2.75, 3.05) is 20.2 Å². The first-order valence-corrected chi connectivity index (χ1v) is 5.80. The number of rotatable bonds is 4. The first kappa shape index (κ1) is 12.1. The molecule has 1 N–H and O–H groups in total. The number of benzene rings is 1. The van der Waals surface area contributed by atoms with Crippen LogP contribution in [-0.4, -0.2) is 32.3 Å². The second-order valence-corrected chi connectivity index (χ2v) is 4.07. The molecule has 1 atom stereocenters. The molecule has 1 unspecified atom stereocenters. The van der Waals surface area contributed by atoms with Crippen molar-refractivity contribution in [2.45, 2.75) is 19.1 Å². The summed E-state index contributed by atoms with van der Waals surface area (Å²) in [5.74, 6) is -0.311. The summed E-state index contributed by atoms with van der Waals surface area (Å²) in [5.41, 5.74) is 1.47. The van der Waals surface area contributed by atoms with Gasteiger partial charge < -0.3 is 14.8 Å². The maximum absolute atomic E-state index is 11.5. The van der Waals surface area contributed by atoms with Crippen molar-refractivity contribution in [3.8, 4) is 0 Å². The van der Waals surface area contributed by atoms with E-state index >= 15 is 0 Å². The average Bonchev–Trinajstić information content (AvgIpc) is 2.89. The summed E-state index contributed by atoms with van der Waals surface area (Å²) in [6.45, 7) is 2.35. The number of hydrogen-bond donors (Lipinski definition) is 1. The van der Waals surface area contributed by atoms with Crippen LogP contribution in [0.3, 0.4) is 0 Å². The van der Waals surface area contributed by atoms with Gasteiger partial charge in [0.2, 0.25) is 0 Å². The maximum atomic E-state index is 11.5. The molecule has 1 aromatic rings. The molecule has 1 saturated heterocycles. The van der Waals surface area contributed by atoms with E-state index in [0.717, 1.165) is 25.1 Å². The largest absolute Gasteiger partial charge is 0.465 e. The Balaban J connectivity index is 2.01. The van der Waals surface area contributed by atoms with Crippen LogP contribution in [-0.2, 0) is 16.1 Å². The first-order valence-electron chi connectivity index (χ1n) is 5.80. The second-order valence-electron chi connectivity index (χ2n) is 4.07. The molecule has 0 bridgehead atoms. The lowest BCUT2D eigenvalue weighted by molar-refractivity contribution is 0.0498. The van der Waals surface area contributed by atoms with Gasteiger partial charge in [0.05, 0.1) is 25.4 Å². The molecule has 1 aromatic carbocycles. The Morgan fingerprint density at radius 1 is 1.47 bits per heavy atom. The standard InChI is InChI=1S/C13H17NO3/c1-16-13(15)12-5-3-2-4-10(12)9-17-11-6-7-14-8-11/h2-5,11,14H,6-9H2,1H3. The molecule has 0 amide bonds. The fourth-order valence-electron chi connectivity index (χ4n) is 1.93. The lowest BCUT2D eigenvalue weighted by Gasteiger charge is -2.12. The highest BCUT2D eigenvalue weighted by atomic mass is 16.5. The third kappa shape index (κ3) is 3.05. The number of carbonyl (C=O) groups is 1. The van der Waals surface area contributed by atoms with Crippen LogP contribution in [0.25, 0.3) is 0 Å². The van der Waals surface area contributed by atoms with Crippen molar-refractivity contribution in [1.29, 1.82) is 0 Å². The first-order chi connectivity index (χ1) is 8.31. The molecular formula is C13H17NO3. The number of ether oxygens (including phenoxy) is 2. The van der Waals surface area contributed by atoms with Gasteiger partial charge in [0, 0.05) is 6.54 Å². The van der Waals surface area contributed by atoms with E-state index < -0.39 is 0 Å². The Bertz CT molecular complexity index is 386. The Labute approximate surface area is 101 Å². The smallest absolute Gasteiger partial charge is 0.338 e. The Morgan fingerprint density at radius 2 is 2.29 bits per heavy atom. The van der Waals surface area contributed by atoms with Crippen LogP contribution in [0, 0.1) is 0 Å². The summed E-state index contributed by atoms with van der Waals surface area (Å²) in [7, 11) is 1.39. The van der Waals surface area contributed by atoms with Gasteiger partial charge >= 0.3 is 5.97 Å². The normalized spacial score (nSPS) is 19.2. The van der Waals surface area contributed by atoms with Crippen LogP contribution in [0.1, 0.15) is 22.3 Å². The number of hydrogen-bond acceptors (Lipinski definition) is 4. The lowest BCUT2D eigenvalue weighted by atomic mass is 10.1. The van der Waals surface area contributed by atoms with Crippen molar-refractivity contribution in [1.82, 2.24) is 5.32 Å². The molecular weight excluding hydrogens is 218 g/mol. The van der Waals surface area contributed by atoms with Crippen molar-refractivity contribution in [3.05, 3.63) is 35.4 Å². The van der Waals surface area contributed by atoms with Gasteiger partial charge in [-0.3, -0.25) is 0 Å². The van der Waals surface area contributed by atoms with Gasteiger partial charge in [0.15, 0.2) is 0 Å². The van der Waals surface area contributed by atoms with E-state index in [1.807, 2.05) is 18.2 Å². The zero-order valence-electron chi connectivity index (χ0n) is 9.94. The molecule has 4 heteroatoms. The van der Waals surface area contributed by atoms with Crippen molar-refractivity contribution in [2.24, 2.45) is 0 Å². The number of nitrogens with one attached hydrogen (secondary N) is 1. The minimum atomic E-state index is -0.311. The van der Waals surface area contributed by atoms with Crippen LogP contribution < -0.4 is 5.32 Å². The maximum Gasteiger partial charge on any atom is 0.338 e. The second kappa shape index (κ2) is 5.80. The van der Waals surface area contributed by atoms with Crippen LogP contribution in [0.4, 0.5) is 0 Å². The zero-order chi connectivity index (χ0) is 12.1. The molecule has 0 radical (unpaired) electrons. The number of esters is 1.